The van der Waals surface area contributed by atoms with Gasteiger partial charge in [-0.25, -0.2) is 4.98 Å². The van der Waals surface area contributed by atoms with Crippen LogP contribution in [-0.2, 0) is 6.54 Å². The van der Waals surface area contributed by atoms with Crippen molar-refractivity contribution >= 4 is 5.91 Å². The summed E-state index contributed by atoms with van der Waals surface area (Å²) in [6.45, 7) is 4.31. The van der Waals surface area contributed by atoms with Gasteiger partial charge < -0.3 is 9.88 Å². The number of hydrogen-bond donors (Lipinski definition) is 1. The molecule has 1 aromatic carbocycles. The lowest BCUT2D eigenvalue weighted by Crippen LogP contribution is -2.48. The van der Waals surface area contributed by atoms with Gasteiger partial charge in [-0.1, -0.05) is 30.3 Å². The fourth-order valence-electron chi connectivity index (χ4n) is 2.49. The van der Waals surface area contributed by atoms with E-state index in [-0.39, 0.29) is 5.91 Å². The standard InChI is InChI=1S/C15H18N4O/c20-15(14-10-16-12-17-14)19-8-6-18(7-9-19)11-13-4-2-1-3-5-13/h1-5,10,12H,6-9,11H2,(H,16,17). The normalized spacial score (nSPS) is 16.3. The Morgan fingerprint density at radius 1 is 1.15 bits per heavy atom. The summed E-state index contributed by atoms with van der Waals surface area (Å²) < 4.78 is 0. The zero-order valence-corrected chi connectivity index (χ0v) is 11.3. The highest BCUT2D eigenvalue weighted by Crippen LogP contribution is 2.10. The monoisotopic (exact) mass is 270 g/mol. The maximum Gasteiger partial charge on any atom is 0.272 e. The lowest BCUT2D eigenvalue weighted by molar-refractivity contribution is 0.0623. The van der Waals surface area contributed by atoms with E-state index in [9.17, 15) is 4.79 Å². The predicted molar refractivity (Wildman–Crippen MR) is 76.2 cm³/mol. The van der Waals surface area contributed by atoms with E-state index in [1.807, 2.05) is 11.0 Å². The Morgan fingerprint density at radius 2 is 1.90 bits per heavy atom. The zero-order chi connectivity index (χ0) is 13.8. The molecule has 0 saturated carbocycles. The van der Waals surface area contributed by atoms with Crippen LogP contribution in [-0.4, -0.2) is 51.9 Å². The van der Waals surface area contributed by atoms with Gasteiger partial charge in [-0.3, -0.25) is 9.69 Å². The van der Waals surface area contributed by atoms with Gasteiger partial charge in [0.2, 0.25) is 0 Å². The van der Waals surface area contributed by atoms with E-state index < -0.39 is 0 Å². The van der Waals surface area contributed by atoms with Crippen molar-refractivity contribution in [2.45, 2.75) is 6.54 Å². The second-order valence-electron chi connectivity index (χ2n) is 5.02. The minimum absolute atomic E-state index is 0.0434. The van der Waals surface area contributed by atoms with Crippen LogP contribution in [0.25, 0.3) is 0 Å². The minimum Gasteiger partial charge on any atom is -0.341 e. The highest BCUT2D eigenvalue weighted by Gasteiger charge is 2.22. The molecule has 1 saturated heterocycles. The summed E-state index contributed by atoms with van der Waals surface area (Å²) in [5.41, 5.74) is 1.89. The first-order valence-electron chi connectivity index (χ1n) is 6.87. The van der Waals surface area contributed by atoms with E-state index in [1.165, 1.54) is 5.56 Å². The summed E-state index contributed by atoms with van der Waals surface area (Å²) in [7, 11) is 0. The highest BCUT2D eigenvalue weighted by molar-refractivity contribution is 5.92. The van der Waals surface area contributed by atoms with Crippen LogP contribution in [0.15, 0.2) is 42.9 Å². The molecule has 1 fully saturated rings. The fourth-order valence-corrected chi connectivity index (χ4v) is 2.49. The second-order valence-corrected chi connectivity index (χ2v) is 5.02. The van der Waals surface area contributed by atoms with E-state index in [1.54, 1.807) is 12.5 Å². The Balaban J connectivity index is 1.53. The van der Waals surface area contributed by atoms with Crippen molar-refractivity contribution in [1.82, 2.24) is 19.8 Å². The fraction of sp³-hybridized carbons (Fsp3) is 0.333. The molecule has 20 heavy (non-hydrogen) atoms. The number of H-pyrrole nitrogens is 1. The van der Waals surface area contributed by atoms with Gasteiger partial charge in [-0.05, 0) is 5.56 Å². The molecule has 0 unspecified atom stereocenters. The van der Waals surface area contributed by atoms with Gasteiger partial charge in [-0.15, -0.1) is 0 Å². The van der Waals surface area contributed by atoms with Crippen LogP contribution in [0.1, 0.15) is 16.1 Å². The van der Waals surface area contributed by atoms with Crippen molar-refractivity contribution in [2.24, 2.45) is 0 Å². The Kier molecular flexibility index (Phi) is 3.78. The van der Waals surface area contributed by atoms with Gasteiger partial charge in [0.25, 0.3) is 5.91 Å². The second kappa shape index (κ2) is 5.88. The van der Waals surface area contributed by atoms with Crippen LogP contribution in [0.3, 0.4) is 0 Å². The molecule has 1 amide bonds. The van der Waals surface area contributed by atoms with Crippen molar-refractivity contribution in [3.8, 4) is 0 Å². The maximum atomic E-state index is 12.2. The average molecular weight is 270 g/mol. The molecule has 1 N–H and O–H groups in total. The van der Waals surface area contributed by atoms with Crippen LogP contribution in [0.2, 0.25) is 0 Å². The number of nitrogens with one attached hydrogen (secondary N) is 1. The van der Waals surface area contributed by atoms with Crippen molar-refractivity contribution < 1.29 is 4.79 Å². The molecule has 5 heteroatoms. The molecule has 1 aromatic heterocycles. The molecule has 1 aliphatic heterocycles. The quantitative estimate of drug-likeness (QED) is 0.916. The molecule has 0 bridgehead atoms. The average Bonchev–Trinajstić information content (AvgIpc) is 3.03. The summed E-state index contributed by atoms with van der Waals surface area (Å²) in [5.74, 6) is 0.0434. The summed E-state index contributed by atoms with van der Waals surface area (Å²) >= 11 is 0. The molecule has 104 valence electrons. The van der Waals surface area contributed by atoms with Gasteiger partial charge in [0.05, 0.1) is 12.5 Å². The van der Waals surface area contributed by atoms with E-state index in [2.05, 4.69) is 39.1 Å². The topological polar surface area (TPSA) is 52.2 Å². The Labute approximate surface area is 118 Å². The molecular weight excluding hydrogens is 252 g/mol. The van der Waals surface area contributed by atoms with Crippen LogP contribution >= 0.6 is 0 Å². The summed E-state index contributed by atoms with van der Waals surface area (Å²) in [5, 5.41) is 0. The molecule has 1 aliphatic rings. The van der Waals surface area contributed by atoms with Crippen molar-refractivity contribution in [1.29, 1.82) is 0 Å². The number of hydrogen-bond acceptors (Lipinski definition) is 3. The number of aromatic nitrogens is 2. The number of benzene rings is 1. The summed E-state index contributed by atoms with van der Waals surface area (Å²) in [4.78, 5) is 23.2. The molecule has 5 nitrogen and oxygen atoms in total. The summed E-state index contributed by atoms with van der Waals surface area (Å²) in [6, 6.07) is 10.4. The third kappa shape index (κ3) is 2.88. The Hall–Kier alpha value is -2.14. The first kappa shape index (κ1) is 12.9. The van der Waals surface area contributed by atoms with E-state index in [4.69, 9.17) is 0 Å². The number of amides is 1. The predicted octanol–water partition coefficient (Wildman–Crippen LogP) is 1.37. The summed E-state index contributed by atoms with van der Waals surface area (Å²) in [6.07, 6.45) is 3.12. The maximum absolute atomic E-state index is 12.2. The molecule has 0 radical (unpaired) electrons. The zero-order valence-electron chi connectivity index (χ0n) is 11.3. The number of carbonyl (C=O) groups is 1. The number of nitrogens with zero attached hydrogens (tertiary/aromatic N) is 3. The first-order valence-corrected chi connectivity index (χ1v) is 6.87. The van der Waals surface area contributed by atoms with E-state index in [0.29, 0.717) is 5.69 Å². The molecule has 2 heterocycles. The third-order valence-electron chi connectivity index (χ3n) is 3.64. The smallest absolute Gasteiger partial charge is 0.272 e. The van der Waals surface area contributed by atoms with Gasteiger partial charge >= 0.3 is 0 Å². The van der Waals surface area contributed by atoms with Crippen LogP contribution in [0.4, 0.5) is 0 Å². The molecule has 3 rings (SSSR count). The van der Waals surface area contributed by atoms with E-state index in [0.717, 1.165) is 32.7 Å². The molecule has 2 aromatic rings. The van der Waals surface area contributed by atoms with Crippen LogP contribution in [0.5, 0.6) is 0 Å². The first-order chi connectivity index (χ1) is 9.83. The Bertz CT molecular complexity index is 545. The van der Waals surface area contributed by atoms with Crippen molar-refractivity contribution in [2.75, 3.05) is 26.2 Å². The number of imidazole rings is 1. The number of rotatable bonds is 3. The Morgan fingerprint density at radius 3 is 2.55 bits per heavy atom. The van der Waals surface area contributed by atoms with E-state index >= 15 is 0 Å². The van der Waals surface area contributed by atoms with Crippen molar-refractivity contribution in [3.05, 3.63) is 54.1 Å². The highest BCUT2D eigenvalue weighted by atomic mass is 16.2. The number of aromatic amines is 1. The van der Waals surface area contributed by atoms with Crippen LogP contribution < -0.4 is 0 Å². The van der Waals surface area contributed by atoms with Gasteiger partial charge in [0.15, 0.2) is 0 Å². The molecule has 0 aliphatic carbocycles. The van der Waals surface area contributed by atoms with Gasteiger partial charge in [0.1, 0.15) is 5.69 Å². The number of carbonyl (C=O) groups excluding carboxylic acids is 1. The molecule has 0 atom stereocenters. The molecular formula is C15H18N4O. The lowest BCUT2D eigenvalue weighted by atomic mass is 10.2. The molecule has 0 spiro atoms. The third-order valence-corrected chi connectivity index (χ3v) is 3.64. The van der Waals surface area contributed by atoms with Crippen molar-refractivity contribution in [3.63, 3.8) is 0 Å². The SMILES string of the molecule is O=C(c1cnc[nH]1)N1CCN(Cc2ccccc2)CC1. The minimum atomic E-state index is 0.0434. The number of piperazine rings is 1. The largest absolute Gasteiger partial charge is 0.341 e. The van der Waals surface area contributed by atoms with Crippen LogP contribution in [0, 0.1) is 0 Å². The lowest BCUT2D eigenvalue weighted by Gasteiger charge is -2.34. The van der Waals surface area contributed by atoms with Gasteiger partial charge in [0, 0.05) is 32.7 Å². The van der Waals surface area contributed by atoms with Gasteiger partial charge in [-0.2, -0.15) is 0 Å².